The molecule has 3 aromatic carbocycles. The van der Waals surface area contributed by atoms with Gasteiger partial charge in [-0.25, -0.2) is 4.39 Å². The normalized spacial score (nSPS) is 10.9. The van der Waals surface area contributed by atoms with Crippen LogP contribution in [-0.2, 0) is 0 Å². The van der Waals surface area contributed by atoms with Gasteiger partial charge in [-0.3, -0.25) is 4.79 Å². The van der Waals surface area contributed by atoms with E-state index in [0.29, 0.717) is 12.2 Å². The van der Waals surface area contributed by atoms with Crippen molar-refractivity contribution in [1.82, 2.24) is 0 Å². The number of hydrogen-bond donors (Lipinski definition) is 0. The highest BCUT2D eigenvalue weighted by Crippen LogP contribution is 2.15. The molecule has 0 radical (unpaired) electrons. The fourth-order valence-electron chi connectivity index (χ4n) is 3.37. The van der Waals surface area contributed by atoms with Gasteiger partial charge >= 0.3 is 0 Å². The molecule has 3 nitrogen and oxygen atoms in total. The van der Waals surface area contributed by atoms with Crippen molar-refractivity contribution in [2.24, 2.45) is 0 Å². The van der Waals surface area contributed by atoms with Crippen LogP contribution in [0.1, 0.15) is 54.4 Å². The molecule has 0 amide bonds. The van der Waals surface area contributed by atoms with Gasteiger partial charge in [0.2, 0.25) is 0 Å². The minimum absolute atomic E-state index is 0.154. The quantitative estimate of drug-likeness (QED) is 0.146. The van der Waals surface area contributed by atoms with Crippen LogP contribution in [0.25, 0.3) is 6.08 Å². The Balaban J connectivity index is 1.23. The number of carbonyl (C=O) groups excluding carboxylic acids is 1. The van der Waals surface area contributed by atoms with Gasteiger partial charge in [0.15, 0.2) is 5.78 Å². The summed E-state index contributed by atoms with van der Waals surface area (Å²) >= 11 is 0. The smallest absolute Gasteiger partial charge is 0.185 e. The van der Waals surface area contributed by atoms with Gasteiger partial charge in [-0.05, 0) is 73.0 Å². The molecule has 0 aromatic heterocycles. The van der Waals surface area contributed by atoms with Crippen LogP contribution in [0.15, 0.2) is 84.9 Å². The predicted molar refractivity (Wildman–Crippen MR) is 131 cm³/mol. The molecule has 0 saturated carbocycles. The topological polar surface area (TPSA) is 35.5 Å². The maximum absolute atomic E-state index is 12.9. The van der Waals surface area contributed by atoms with Crippen LogP contribution in [0.5, 0.6) is 11.5 Å². The third kappa shape index (κ3) is 9.32. The summed E-state index contributed by atoms with van der Waals surface area (Å²) in [5, 5.41) is 0. The third-order valence-corrected chi connectivity index (χ3v) is 5.26. The second-order valence-electron chi connectivity index (χ2n) is 7.90. The summed E-state index contributed by atoms with van der Waals surface area (Å²) in [5.74, 6) is 1.27. The van der Waals surface area contributed by atoms with Crippen molar-refractivity contribution in [3.05, 3.63) is 102 Å². The number of hydrogen-bond acceptors (Lipinski definition) is 3. The van der Waals surface area contributed by atoms with E-state index >= 15 is 0 Å². The summed E-state index contributed by atoms with van der Waals surface area (Å²) in [4.78, 5) is 12.1. The van der Waals surface area contributed by atoms with E-state index in [4.69, 9.17) is 9.47 Å². The van der Waals surface area contributed by atoms with Crippen molar-refractivity contribution in [2.45, 2.75) is 38.5 Å². The van der Waals surface area contributed by atoms with E-state index in [1.54, 1.807) is 6.08 Å². The predicted octanol–water partition coefficient (Wildman–Crippen LogP) is 7.52. The molecule has 0 aliphatic rings. The lowest BCUT2D eigenvalue weighted by atomic mass is 10.1. The Morgan fingerprint density at radius 1 is 0.667 bits per heavy atom. The Bertz CT molecular complexity index is 980. The van der Waals surface area contributed by atoms with Crippen LogP contribution < -0.4 is 9.47 Å². The number of ether oxygens (including phenoxy) is 2. The second-order valence-corrected chi connectivity index (χ2v) is 7.90. The van der Waals surface area contributed by atoms with Gasteiger partial charge in [-0.2, -0.15) is 0 Å². The number of benzene rings is 3. The molecular formula is C29H31FO3. The van der Waals surface area contributed by atoms with Crippen molar-refractivity contribution in [1.29, 1.82) is 0 Å². The van der Waals surface area contributed by atoms with Gasteiger partial charge in [-0.1, -0.05) is 62.1 Å². The average Bonchev–Trinajstić information content (AvgIpc) is 2.85. The summed E-state index contributed by atoms with van der Waals surface area (Å²) < 4.78 is 24.5. The van der Waals surface area contributed by atoms with Gasteiger partial charge in [0.25, 0.3) is 0 Å². The SMILES string of the molecule is O=C(/C=C/c1ccc(OCCCCCCCCOc2ccccc2)cc1)c1ccc(F)cc1. The summed E-state index contributed by atoms with van der Waals surface area (Å²) in [5.41, 5.74) is 1.38. The molecule has 0 N–H and O–H groups in total. The molecule has 0 fully saturated rings. The van der Waals surface area contributed by atoms with E-state index in [9.17, 15) is 9.18 Å². The molecule has 0 spiro atoms. The molecule has 0 aliphatic heterocycles. The zero-order valence-electron chi connectivity index (χ0n) is 18.9. The van der Waals surface area contributed by atoms with Crippen molar-refractivity contribution >= 4 is 11.9 Å². The second kappa shape index (κ2) is 13.9. The van der Waals surface area contributed by atoms with Crippen molar-refractivity contribution in [2.75, 3.05) is 13.2 Å². The van der Waals surface area contributed by atoms with E-state index in [1.165, 1.54) is 49.6 Å². The Morgan fingerprint density at radius 2 is 1.21 bits per heavy atom. The van der Waals surface area contributed by atoms with Crippen molar-refractivity contribution < 1.29 is 18.7 Å². The van der Waals surface area contributed by atoms with Gasteiger partial charge in [-0.15, -0.1) is 0 Å². The van der Waals surface area contributed by atoms with Crippen LogP contribution in [0.4, 0.5) is 4.39 Å². The zero-order chi connectivity index (χ0) is 23.1. The first-order chi connectivity index (χ1) is 16.2. The summed E-state index contributed by atoms with van der Waals surface area (Å²) in [6.07, 6.45) is 10.1. The number of unbranched alkanes of at least 4 members (excludes halogenated alkanes) is 5. The Labute approximate surface area is 195 Å². The monoisotopic (exact) mass is 446 g/mol. The van der Waals surface area contributed by atoms with Crippen LogP contribution in [0.2, 0.25) is 0 Å². The number of rotatable bonds is 14. The number of ketones is 1. The fourth-order valence-corrected chi connectivity index (χ4v) is 3.37. The first-order valence-corrected chi connectivity index (χ1v) is 11.6. The van der Waals surface area contributed by atoms with Crippen LogP contribution >= 0.6 is 0 Å². The molecule has 0 bridgehead atoms. The lowest BCUT2D eigenvalue weighted by Gasteiger charge is -2.07. The van der Waals surface area contributed by atoms with Crippen LogP contribution in [0.3, 0.4) is 0 Å². The number of carbonyl (C=O) groups is 1. The molecule has 3 aromatic rings. The third-order valence-electron chi connectivity index (χ3n) is 5.26. The van der Waals surface area contributed by atoms with Crippen LogP contribution in [-0.4, -0.2) is 19.0 Å². The molecule has 4 heteroatoms. The summed E-state index contributed by atoms with van der Waals surface area (Å²) in [7, 11) is 0. The lowest BCUT2D eigenvalue weighted by molar-refractivity contribution is 0.104. The fraction of sp³-hybridized carbons (Fsp3) is 0.276. The van der Waals surface area contributed by atoms with Crippen molar-refractivity contribution in [3.63, 3.8) is 0 Å². The first-order valence-electron chi connectivity index (χ1n) is 11.6. The van der Waals surface area contributed by atoms with Crippen molar-refractivity contribution in [3.8, 4) is 11.5 Å². The molecule has 0 unspecified atom stereocenters. The van der Waals surface area contributed by atoms with E-state index in [0.717, 1.165) is 42.9 Å². The summed E-state index contributed by atoms with van der Waals surface area (Å²) in [6, 6.07) is 23.1. The van der Waals surface area contributed by atoms with Gasteiger partial charge in [0, 0.05) is 5.56 Å². The minimum Gasteiger partial charge on any atom is -0.494 e. The Morgan fingerprint density at radius 3 is 1.82 bits per heavy atom. The van der Waals surface area contributed by atoms with E-state index in [2.05, 4.69) is 0 Å². The van der Waals surface area contributed by atoms with Gasteiger partial charge in [0.05, 0.1) is 13.2 Å². The molecule has 0 heterocycles. The highest BCUT2D eigenvalue weighted by Gasteiger charge is 2.02. The number of halogens is 1. The molecular weight excluding hydrogens is 415 g/mol. The largest absolute Gasteiger partial charge is 0.494 e. The van der Waals surface area contributed by atoms with E-state index in [-0.39, 0.29) is 11.6 Å². The maximum Gasteiger partial charge on any atom is 0.185 e. The number of para-hydroxylation sites is 1. The van der Waals surface area contributed by atoms with E-state index < -0.39 is 0 Å². The summed E-state index contributed by atoms with van der Waals surface area (Å²) in [6.45, 7) is 1.48. The molecule has 0 atom stereocenters. The van der Waals surface area contributed by atoms with Crippen LogP contribution in [0, 0.1) is 5.82 Å². The van der Waals surface area contributed by atoms with E-state index in [1.807, 2.05) is 54.6 Å². The Kier molecular flexibility index (Phi) is 10.2. The van der Waals surface area contributed by atoms with Gasteiger partial charge in [0.1, 0.15) is 17.3 Å². The maximum atomic E-state index is 12.9. The zero-order valence-corrected chi connectivity index (χ0v) is 18.9. The average molecular weight is 447 g/mol. The minimum atomic E-state index is -0.351. The molecule has 0 aliphatic carbocycles. The molecule has 33 heavy (non-hydrogen) atoms. The highest BCUT2D eigenvalue weighted by atomic mass is 19.1. The van der Waals surface area contributed by atoms with Gasteiger partial charge < -0.3 is 9.47 Å². The molecule has 3 rings (SSSR count). The standard InChI is InChI=1S/C29H31FO3/c30-26-17-15-25(16-18-26)29(31)21-14-24-12-19-28(20-13-24)33-23-9-4-2-1-3-8-22-32-27-10-6-5-7-11-27/h5-7,10-21H,1-4,8-9,22-23H2/b21-14+. The first kappa shape index (κ1) is 24.2. The molecule has 0 saturated heterocycles. The Hall–Kier alpha value is -3.40. The number of allylic oxidation sites excluding steroid dienone is 1. The lowest BCUT2D eigenvalue weighted by Crippen LogP contribution is -1.98. The molecule has 172 valence electrons. The highest BCUT2D eigenvalue weighted by molar-refractivity contribution is 6.06.